The molecule has 1 N–H and O–H groups in total. The number of rotatable bonds is 4. The average Bonchev–Trinajstić information content (AvgIpc) is 2.01. The molecular weight excluding hydrogens is 180 g/mol. The van der Waals surface area contributed by atoms with Crippen LogP contribution in [0.3, 0.4) is 0 Å². The van der Waals surface area contributed by atoms with E-state index in [1.807, 2.05) is 13.8 Å². The standard InChI is InChI=1S/C10H16N2O2/c1-7(2)14-10-6-11-5-9(12-10)4-8(3)13/h5-8,13H,4H2,1-3H3. The maximum atomic E-state index is 9.17. The van der Waals surface area contributed by atoms with E-state index in [4.69, 9.17) is 9.84 Å². The van der Waals surface area contributed by atoms with E-state index in [-0.39, 0.29) is 6.10 Å². The highest BCUT2D eigenvalue weighted by Crippen LogP contribution is 2.08. The fourth-order valence-electron chi connectivity index (χ4n) is 1.09. The number of aliphatic hydroxyl groups excluding tert-OH is 1. The molecule has 0 aliphatic rings. The molecule has 0 aliphatic carbocycles. The van der Waals surface area contributed by atoms with Crippen molar-refractivity contribution in [2.24, 2.45) is 0 Å². The minimum absolute atomic E-state index is 0.0890. The second-order valence-electron chi connectivity index (χ2n) is 3.57. The number of aliphatic hydroxyl groups is 1. The number of aromatic nitrogens is 2. The molecule has 14 heavy (non-hydrogen) atoms. The van der Waals surface area contributed by atoms with Crippen LogP contribution in [0.1, 0.15) is 26.5 Å². The zero-order valence-corrected chi connectivity index (χ0v) is 8.77. The van der Waals surface area contributed by atoms with Gasteiger partial charge in [-0.3, -0.25) is 4.98 Å². The Labute approximate surface area is 84.0 Å². The Bertz CT molecular complexity index is 262. The van der Waals surface area contributed by atoms with Gasteiger partial charge in [-0.25, -0.2) is 4.98 Å². The van der Waals surface area contributed by atoms with Crippen molar-refractivity contribution in [3.8, 4) is 5.88 Å². The first-order valence-electron chi connectivity index (χ1n) is 4.73. The summed E-state index contributed by atoms with van der Waals surface area (Å²) < 4.78 is 5.38. The van der Waals surface area contributed by atoms with Crippen LogP contribution in [0.2, 0.25) is 0 Å². The molecule has 1 heterocycles. The summed E-state index contributed by atoms with van der Waals surface area (Å²) in [5.41, 5.74) is 0.748. The molecule has 0 spiro atoms. The van der Waals surface area contributed by atoms with Gasteiger partial charge >= 0.3 is 0 Å². The molecule has 0 saturated carbocycles. The van der Waals surface area contributed by atoms with E-state index in [1.165, 1.54) is 0 Å². The fourth-order valence-corrected chi connectivity index (χ4v) is 1.09. The molecule has 1 unspecified atom stereocenters. The maximum Gasteiger partial charge on any atom is 0.232 e. The molecule has 1 atom stereocenters. The molecule has 1 aromatic rings. The molecule has 4 heteroatoms. The minimum Gasteiger partial charge on any atom is -0.474 e. The topological polar surface area (TPSA) is 55.2 Å². The molecule has 1 rings (SSSR count). The third-order valence-corrected chi connectivity index (χ3v) is 1.52. The Kier molecular flexibility index (Phi) is 3.83. The van der Waals surface area contributed by atoms with Gasteiger partial charge in [-0.1, -0.05) is 0 Å². The lowest BCUT2D eigenvalue weighted by atomic mass is 10.2. The van der Waals surface area contributed by atoms with Gasteiger partial charge in [0.25, 0.3) is 0 Å². The number of hydrogen-bond donors (Lipinski definition) is 1. The van der Waals surface area contributed by atoms with Gasteiger partial charge in [0.1, 0.15) is 0 Å². The van der Waals surface area contributed by atoms with Gasteiger partial charge in [0.2, 0.25) is 5.88 Å². The Balaban J connectivity index is 2.68. The second kappa shape index (κ2) is 4.91. The Morgan fingerprint density at radius 3 is 2.64 bits per heavy atom. The maximum absolute atomic E-state index is 9.17. The molecule has 78 valence electrons. The zero-order chi connectivity index (χ0) is 10.6. The van der Waals surface area contributed by atoms with Gasteiger partial charge in [0, 0.05) is 12.6 Å². The number of hydrogen-bond acceptors (Lipinski definition) is 4. The van der Waals surface area contributed by atoms with Gasteiger partial charge in [-0.15, -0.1) is 0 Å². The summed E-state index contributed by atoms with van der Waals surface area (Å²) in [6.45, 7) is 5.59. The Morgan fingerprint density at radius 2 is 2.07 bits per heavy atom. The van der Waals surface area contributed by atoms with E-state index in [0.717, 1.165) is 5.69 Å². The summed E-state index contributed by atoms with van der Waals surface area (Å²) in [6.07, 6.45) is 3.40. The van der Waals surface area contributed by atoms with Crippen molar-refractivity contribution in [1.29, 1.82) is 0 Å². The van der Waals surface area contributed by atoms with Gasteiger partial charge < -0.3 is 9.84 Å². The van der Waals surface area contributed by atoms with Crippen LogP contribution in [0.5, 0.6) is 5.88 Å². The molecule has 0 fully saturated rings. The van der Waals surface area contributed by atoms with Crippen LogP contribution < -0.4 is 4.74 Å². The van der Waals surface area contributed by atoms with Crippen molar-refractivity contribution in [3.05, 3.63) is 18.1 Å². The van der Waals surface area contributed by atoms with Crippen LogP contribution in [-0.2, 0) is 6.42 Å². The first-order chi connectivity index (χ1) is 6.58. The summed E-state index contributed by atoms with van der Waals surface area (Å²) in [7, 11) is 0. The highest BCUT2D eigenvalue weighted by molar-refractivity contribution is 5.09. The Hall–Kier alpha value is -1.16. The number of ether oxygens (including phenoxy) is 1. The van der Waals surface area contributed by atoms with Crippen LogP contribution in [0.15, 0.2) is 12.4 Å². The molecule has 1 aromatic heterocycles. The highest BCUT2D eigenvalue weighted by Gasteiger charge is 2.04. The van der Waals surface area contributed by atoms with E-state index < -0.39 is 6.10 Å². The van der Waals surface area contributed by atoms with Crippen molar-refractivity contribution in [3.63, 3.8) is 0 Å². The summed E-state index contributed by atoms with van der Waals surface area (Å²) in [6, 6.07) is 0. The van der Waals surface area contributed by atoms with E-state index in [2.05, 4.69) is 9.97 Å². The van der Waals surface area contributed by atoms with Crippen LogP contribution in [0.4, 0.5) is 0 Å². The van der Waals surface area contributed by atoms with Crippen molar-refractivity contribution >= 4 is 0 Å². The first-order valence-corrected chi connectivity index (χ1v) is 4.73. The summed E-state index contributed by atoms with van der Waals surface area (Å²) in [5, 5.41) is 9.17. The monoisotopic (exact) mass is 196 g/mol. The number of nitrogens with zero attached hydrogens (tertiary/aromatic N) is 2. The summed E-state index contributed by atoms with van der Waals surface area (Å²) >= 11 is 0. The van der Waals surface area contributed by atoms with Crippen LogP contribution in [0, 0.1) is 0 Å². The lowest BCUT2D eigenvalue weighted by Crippen LogP contribution is -2.10. The van der Waals surface area contributed by atoms with E-state index in [0.29, 0.717) is 12.3 Å². The molecule has 0 amide bonds. The second-order valence-corrected chi connectivity index (χ2v) is 3.57. The quantitative estimate of drug-likeness (QED) is 0.785. The largest absolute Gasteiger partial charge is 0.474 e. The van der Waals surface area contributed by atoms with Gasteiger partial charge in [0.15, 0.2) is 0 Å². The highest BCUT2D eigenvalue weighted by atomic mass is 16.5. The summed E-state index contributed by atoms with van der Waals surface area (Å²) in [5.74, 6) is 0.512. The molecule has 0 aromatic carbocycles. The van der Waals surface area contributed by atoms with Crippen molar-refractivity contribution < 1.29 is 9.84 Å². The zero-order valence-electron chi connectivity index (χ0n) is 8.77. The SMILES string of the molecule is CC(O)Cc1cncc(OC(C)C)n1. The van der Waals surface area contributed by atoms with Crippen molar-refractivity contribution in [2.75, 3.05) is 0 Å². The molecule has 0 aliphatic heterocycles. The predicted octanol–water partition coefficient (Wildman–Crippen LogP) is 1.19. The minimum atomic E-state index is -0.404. The predicted molar refractivity (Wildman–Crippen MR) is 53.2 cm³/mol. The summed E-state index contributed by atoms with van der Waals surface area (Å²) in [4.78, 5) is 8.20. The van der Waals surface area contributed by atoms with Crippen LogP contribution >= 0.6 is 0 Å². The molecule has 0 radical (unpaired) electrons. The van der Waals surface area contributed by atoms with Crippen molar-refractivity contribution in [1.82, 2.24) is 9.97 Å². The lowest BCUT2D eigenvalue weighted by Gasteiger charge is -2.09. The lowest BCUT2D eigenvalue weighted by molar-refractivity contribution is 0.192. The third-order valence-electron chi connectivity index (χ3n) is 1.52. The molecule has 4 nitrogen and oxygen atoms in total. The molecular formula is C10H16N2O2. The normalized spacial score (nSPS) is 12.9. The smallest absolute Gasteiger partial charge is 0.232 e. The molecule has 0 saturated heterocycles. The van der Waals surface area contributed by atoms with Gasteiger partial charge in [0.05, 0.1) is 24.1 Å². The Morgan fingerprint density at radius 1 is 1.36 bits per heavy atom. The van der Waals surface area contributed by atoms with Gasteiger partial charge in [-0.05, 0) is 20.8 Å². The van der Waals surface area contributed by atoms with E-state index in [1.54, 1.807) is 19.3 Å². The van der Waals surface area contributed by atoms with Crippen LogP contribution in [-0.4, -0.2) is 27.3 Å². The van der Waals surface area contributed by atoms with Crippen LogP contribution in [0.25, 0.3) is 0 Å². The first kappa shape index (κ1) is 10.9. The van der Waals surface area contributed by atoms with Crippen molar-refractivity contribution in [2.45, 2.75) is 39.4 Å². The van der Waals surface area contributed by atoms with Gasteiger partial charge in [-0.2, -0.15) is 0 Å². The van der Waals surface area contributed by atoms with E-state index >= 15 is 0 Å². The average molecular weight is 196 g/mol. The molecule has 0 bridgehead atoms. The fraction of sp³-hybridized carbons (Fsp3) is 0.600. The van der Waals surface area contributed by atoms with E-state index in [9.17, 15) is 0 Å². The third kappa shape index (κ3) is 3.70.